The molecule has 1 saturated carbocycles. The number of hydrogen-bond donors (Lipinski definition) is 1. The number of nitrogens with zero attached hydrogens (tertiary/aromatic N) is 1. The maximum Gasteiger partial charge on any atom is 0.410 e. The molecule has 116 valence electrons. The van der Waals surface area contributed by atoms with Crippen LogP contribution >= 0.6 is 24.8 Å². The molecule has 1 aliphatic rings. The fourth-order valence-corrected chi connectivity index (χ4v) is 2.23. The molecule has 0 aromatic carbocycles. The van der Waals surface area contributed by atoms with Gasteiger partial charge in [0.2, 0.25) is 0 Å². The Morgan fingerprint density at radius 2 is 1.63 bits per heavy atom. The molecule has 1 fully saturated rings. The van der Waals surface area contributed by atoms with Crippen LogP contribution in [0.5, 0.6) is 0 Å². The van der Waals surface area contributed by atoms with Gasteiger partial charge in [0.15, 0.2) is 0 Å². The average Bonchev–Trinajstić information content (AvgIpc) is 2.26. The van der Waals surface area contributed by atoms with E-state index >= 15 is 0 Å². The van der Waals surface area contributed by atoms with Gasteiger partial charge in [0.1, 0.15) is 5.60 Å². The maximum absolute atomic E-state index is 11.9. The van der Waals surface area contributed by atoms with Crippen LogP contribution in [0.3, 0.4) is 0 Å². The molecule has 0 radical (unpaired) electrons. The predicted octanol–water partition coefficient (Wildman–Crippen LogP) is 3.23. The minimum absolute atomic E-state index is 0. The van der Waals surface area contributed by atoms with Gasteiger partial charge in [-0.1, -0.05) is 0 Å². The summed E-state index contributed by atoms with van der Waals surface area (Å²) in [5.41, 5.74) is -0.409. The van der Waals surface area contributed by atoms with Gasteiger partial charge in [-0.05, 0) is 53.5 Å². The molecule has 19 heavy (non-hydrogen) atoms. The lowest BCUT2D eigenvalue weighted by Gasteiger charge is -2.35. The molecule has 0 unspecified atom stereocenters. The minimum Gasteiger partial charge on any atom is -0.444 e. The number of carbonyl (C=O) groups is 1. The Labute approximate surface area is 129 Å². The van der Waals surface area contributed by atoms with E-state index in [4.69, 9.17) is 4.74 Å². The third kappa shape index (κ3) is 7.23. The zero-order chi connectivity index (χ0) is 13.1. The minimum atomic E-state index is -0.409. The fourth-order valence-electron chi connectivity index (χ4n) is 2.23. The normalized spacial score (nSPS) is 22.8. The highest BCUT2D eigenvalue weighted by Gasteiger charge is 2.28. The molecule has 0 bridgehead atoms. The van der Waals surface area contributed by atoms with Gasteiger partial charge in [-0.3, -0.25) is 0 Å². The van der Waals surface area contributed by atoms with Gasteiger partial charge in [-0.25, -0.2) is 4.79 Å². The van der Waals surface area contributed by atoms with Crippen molar-refractivity contribution in [2.45, 2.75) is 64.1 Å². The summed E-state index contributed by atoms with van der Waals surface area (Å²) in [6.07, 6.45) is 4.18. The molecular weight excluding hydrogens is 287 g/mol. The average molecular weight is 315 g/mol. The predicted molar refractivity (Wildman–Crippen MR) is 83.6 cm³/mol. The molecule has 0 heterocycles. The highest BCUT2D eigenvalue weighted by atomic mass is 35.5. The van der Waals surface area contributed by atoms with Crippen molar-refractivity contribution in [3.05, 3.63) is 0 Å². The van der Waals surface area contributed by atoms with Crippen LogP contribution in [0.15, 0.2) is 0 Å². The first-order valence-corrected chi connectivity index (χ1v) is 6.46. The van der Waals surface area contributed by atoms with Crippen LogP contribution in [0.1, 0.15) is 46.5 Å². The summed E-state index contributed by atoms with van der Waals surface area (Å²) >= 11 is 0. The largest absolute Gasteiger partial charge is 0.444 e. The number of amides is 1. The third-order valence-corrected chi connectivity index (χ3v) is 3.33. The smallest absolute Gasteiger partial charge is 0.410 e. The van der Waals surface area contributed by atoms with Crippen LogP contribution in [0.4, 0.5) is 4.79 Å². The second-order valence-electron chi connectivity index (χ2n) is 5.89. The number of rotatable bonds is 2. The zero-order valence-electron chi connectivity index (χ0n) is 12.6. The Morgan fingerprint density at radius 3 is 2.00 bits per heavy atom. The number of hydrogen-bond acceptors (Lipinski definition) is 3. The Morgan fingerprint density at radius 1 is 1.16 bits per heavy atom. The van der Waals surface area contributed by atoms with Crippen LogP contribution < -0.4 is 5.32 Å². The Hall–Kier alpha value is -0.190. The van der Waals surface area contributed by atoms with E-state index in [-0.39, 0.29) is 30.9 Å². The van der Waals surface area contributed by atoms with Gasteiger partial charge in [0.05, 0.1) is 0 Å². The molecule has 0 aliphatic heterocycles. The first kappa shape index (κ1) is 21.1. The molecule has 1 rings (SSSR count). The highest BCUT2D eigenvalue weighted by molar-refractivity contribution is 5.85. The molecular formula is C13H28Cl2N2O2. The van der Waals surface area contributed by atoms with E-state index in [1.165, 1.54) is 0 Å². The van der Waals surface area contributed by atoms with Crippen molar-refractivity contribution in [3.63, 3.8) is 0 Å². The van der Waals surface area contributed by atoms with Crippen molar-refractivity contribution in [1.29, 1.82) is 0 Å². The van der Waals surface area contributed by atoms with Crippen molar-refractivity contribution in [2.24, 2.45) is 0 Å². The Balaban J connectivity index is 0. The topological polar surface area (TPSA) is 41.6 Å². The molecule has 1 N–H and O–H groups in total. The molecule has 0 spiro atoms. The molecule has 6 heteroatoms. The van der Waals surface area contributed by atoms with Crippen LogP contribution in [0.2, 0.25) is 0 Å². The molecule has 0 saturated heterocycles. The number of ether oxygens (including phenoxy) is 1. The monoisotopic (exact) mass is 314 g/mol. The van der Waals surface area contributed by atoms with Gasteiger partial charge in [-0.2, -0.15) is 0 Å². The standard InChI is InChI=1S/C13H26N2O2.2ClH/c1-13(2,3)17-12(16)15(5)11-8-6-10(14-4)7-9-11;;/h10-11,14H,6-9H2,1-5H3;2*1H/t10-,11-;;. The van der Waals surface area contributed by atoms with Crippen LogP contribution in [-0.4, -0.2) is 42.8 Å². The summed E-state index contributed by atoms with van der Waals surface area (Å²) < 4.78 is 5.38. The molecule has 0 aromatic rings. The van der Waals surface area contributed by atoms with Crippen LogP contribution in [0.25, 0.3) is 0 Å². The first-order valence-electron chi connectivity index (χ1n) is 6.46. The van der Waals surface area contributed by atoms with E-state index in [1.54, 1.807) is 4.90 Å². The summed E-state index contributed by atoms with van der Waals surface area (Å²) in [5, 5.41) is 3.30. The number of nitrogens with one attached hydrogen (secondary N) is 1. The quantitative estimate of drug-likeness (QED) is 0.850. The second-order valence-corrected chi connectivity index (χ2v) is 5.89. The lowest BCUT2D eigenvalue weighted by Crippen LogP contribution is -2.44. The fraction of sp³-hybridized carbons (Fsp3) is 0.923. The molecule has 0 aromatic heterocycles. The molecule has 1 aliphatic carbocycles. The van der Waals surface area contributed by atoms with Gasteiger partial charge in [0, 0.05) is 19.1 Å². The van der Waals surface area contributed by atoms with Crippen molar-refractivity contribution in [1.82, 2.24) is 10.2 Å². The van der Waals surface area contributed by atoms with Gasteiger partial charge >= 0.3 is 6.09 Å². The Kier molecular flexibility index (Phi) is 9.87. The highest BCUT2D eigenvalue weighted by Crippen LogP contribution is 2.23. The number of halogens is 2. The van der Waals surface area contributed by atoms with E-state index < -0.39 is 5.60 Å². The second kappa shape index (κ2) is 8.88. The SMILES string of the molecule is CN[C@H]1CC[C@H](N(C)C(=O)OC(C)(C)C)CC1.Cl.Cl. The van der Waals surface area contributed by atoms with E-state index in [0.717, 1.165) is 25.7 Å². The maximum atomic E-state index is 11.9. The summed E-state index contributed by atoms with van der Waals surface area (Å²) in [6, 6.07) is 0.938. The summed E-state index contributed by atoms with van der Waals surface area (Å²) in [7, 11) is 3.85. The third-order valence-electron chi connectivity index (χ3n) is 3.33. The van der Waals surface area contributed by atoms with Gasteiger partial charge < -0.3 is 15.0 Å². The van der Waals surface area contributed by atoms with Gasteiger partial charge in [-0.15, -0.1) is 24.8 Å². The number of carbonyl (C=O) groups excluding carboxylic acids is 1. The molecule has 4 nitrogen and oxygen atoms in total. The van der Waals surface area contributed by atoms with Crippen molar-refractivity contribution in [2.75, 3.05) is 14.1 Å². The van der Waals surface area contributed by atoms with E-state index in [9.17, 15) is 4.79 Å². The van der Waals surface area contributed by atoms with E-state index in [0.29, 0.717) is 12.1 Å². The van der Waals surface area contributed by atoms with Gasteiger partial charge in [0.25, 0.3) is 0 Å². The lowest BCUT2D eigenvalue weighted by atomic mass is 9.90. The van der Waals surface area contributed by atoms with Crippen molar-refractivity contribution >= 4 is 30.9 Å². The van der Waals surface area contributed by atoms with Crippen LogP contribution in [-0.2, 0) is 4.74 Å². The van der Waals surface area contributed by atoms with Crippen molar-refractivity contribution in [3.8, 4) is 0 Å². The summed E-state index contributed by atoms with van der Waals surface area (Å²) in [4.78, 5) is 13.7. The van der Waals surface area contributed by atoms with Crippen molar-refractivity contribution < 1.29 is 9.53 Å². The first-order chi connectivity index (χ1) is 7.83. The molecule has 1 amide bonds. The van der Waals surface area contributed by atoms with E-state index in [2.05, 4.69) is 5.32 Å². The van der Waals surface area contributed by atoms with E-state index in [1.807, 2.05) is 34.9 Å². The van der Waals surface area contributed by atoms with Crippen LogP contribution in [0, 0.1) is 0 Å². The zero-order valence-corrected chi connectivity index (χ0v) is 14.2. The lowest BCUT2D eigenvalue weighted by molar-refractivity contribution is 0.0180. The summed E-state index contributed by atoms with van der Waals surface area (Å²) in [6.45, 7) is 5.70. The molecule has 0 atom stereocenters. The summed E-state index contributed by atoms with van der Waals surface area (Å²) in [5.74, 6) is 0. The Bertz CT molecular complexity index is 262.